The van der Waals surface area contributed by atoms with Gasteiger partial charge in [-0.15, -0.1) is 0 Å². The molecule has 0 aliphatic rings. The largest absolute Gasteiger partial charge is 0.163 e. The normalized spacial score (nSPS) is 12.3. The average molecular weight is 349 g/mol. The standard InChI is InChI=1S/C24H28S/c1-4-20(5-2)21-16-18-24(19-17-21)25(3,22-12-8-6-9-13-22)23-14-10-7-11-15-23/h6-20H,4-5H2,1-3H3. The lowest BCUT2D eigenvalue weighted by molar-refractivity contribution is 0.641. The summed E-state index contributed by atoms with van der Waals surface area (Å²) in [6, 6.07) is 31.4. The molecule has 0 heterocycles. The molecule has 0 spiro atoms. The van der Waals surface area contributed by atoms with E-state index in [-0.39, 0.29) is 0 Å². The zero-order valence-corrected chi connectivity index (χ0v) is 16.3. The van der Waals surface area contributed by atoms with Crippen LogP contribution in [0.5, 0.6) is 0 Å². The van der Waals surface area contributed by atoms with E-state index < -0.39 is 10.0 Å². The molecule has 25 heavy (non-hydrogen) atoms. The monoisotopic (exact) mass is 348 g/mol. The molecule has 3 rings (SSSR count). The SMILES string of the molecule is CCC(CC)c1ccc(S(C)(c2ccccc2)c2ccccc2)cc1. The fourth-order valence-corrected chi connectivity index (χ4v) is 6.47. The van der Waals surface area contributed by atoms with Gasteiger partial charge in [-0.25, -0.2) is 0 Å². The van der Waals surface area contributed by atoms with Crippen LogP contribution in [0.4, 0.5) is 0 Å². The molecule has 0 atom stereocenters. The van der Waals surface area contributed by atoms with Gasteiger partial charge in [0.15, 0.2) is 0 Å². The molecule has 0 aromatic heterocycles. The molecule has 3 aromatic carbocycles. The molecule has 0 fully saturated rings. The van der Waals surface area contributed by atoms with E-state index in [0.717, 1.165) is 0 Å². The summed E-state index contributed by atoms with van der Waals surface area (Å²) in [4.78, 5) is 4.26. The van der Waals surface area contributed by atoms with E-state index in [2.05, 4.69) is 105 Å². The van der Waals surface area contributed by atoms with Crippen molar-refractivity contribution in [2.75, 3.05) is 6.26 Å². The van der Waals surface area contributed by atoms with Crippen molar-refractivity contribution in [1.82, 2.24) is 0 Å². The van der Waals surface area contributed by atoms with Gasteiger partial charge in [0.05, 0.1) is 0 Å². The van der Waals surface area contributed by atoms with E-state index >= 15 is 0 Å². The smallest absolute Gasteiger partial charge is 0.00210 e. The fourth-order valence-electron chi connectivity index (χ4n) is 3.57. The summed E-state index contributed by atoms with van der Waals surface area (Å²) >= 11 is 0. The second kappa shape index (κ2) is 7.93. The Morgan fingerprint density at radius 3 is 1.40 bits per heavy atom. The first-order chi connectivity index (χ1) is 12.2. The maximum atomic E-state index is 2.42. The molecule has 0 saturated carbocycles. The van der Waals surface area contributed by atoms with E-state index in [1.54, 1.807) is 0 Å². The number of benzene rings is 3. The minimum atomic E-state index is -1.23. The molecule has 0 bridgehead atoms. The third-order valence-corrected chi connectivity index (χ3v) is 8.88. The Bertz CT molecular complexity index is 732. The van der Waals surface area contributed by atoms with Crippen LogP contribution in [0.25, 0.3) is 0 Å². The summed E-state index contributed by atoms with van der Waals surface area (Å²) < 4.78 is 0. The first-order valence-corrected chi connectivity index (χ1v) is 11.2. The summed E-state index contributed by atoms with van der Waals surface area (Å²) in [5.74, 6) is 0.670. The van der Waals surface area contributed by atoms with Crippen molar-refractivity contribution < 1.29 is 0 Å². The van der Waals surface area contributed by atoms with Crippen LogP contribution in [0.3, 0.4) is 0 Å². The highest BCUT2D eigenvalue weighted by Crippen LogP contribution is 2.65. The molecule has 1 heteroatoms. The molecule has 130 valence electrons. The molecule has 0 aliphatic heterocycles. The van der Waals surface area contributed by atoms with Crippen LogP contribution in [-0.4, -0.2) is 6.26 Å². The first kappa shape index (κ1) is 17.8. The summed E-state index contributed by atoms with van der Waals surface area (Å²) in [5.41, 5.74) is 1.47. The lowest BCUT2D eigenvalue weighted by atomic mass is 9.94. The Morgan fingerprint density at radius 1 is 0.600 bits per heavy atom. The summed E-state index contributed by atoms with van der Waals surface area (Å²) in [5, 5.41) is 0. The van der Waals surface area contributed by atoms with E-state index in [1.807, 2.05) is 0 Å². The van der Waals surface area contributed by atoms with Crippen molar-refractivity contribution in [3.63, 3.8) is 0 Å². The fraction of sp³-hybridized carbons (Fsp3) is 0.250. The number of hydrogen-bond acceptors (Lipinski definition) is 0. The highest BCUT2D eigenvalue weighted by atomic mass is 32.3. The Labute approximate surface area is 154 Å². The average Bonchev–Trinajstić information content (AvgIpc) is 2.70. The van der Waals surface area contributed by atoms with Crippen molar-refractivity contribution in [1.29, 1.82) is 0 Å². The lowest BCUT2D eigenvalue weighted by Gasteiger charge is -2.37. The topological polar surface area (TPSA) is 0 Å². The predicted octanol–water partition coefficient (Wildman–Crippen LogP) is 7.50. The maximum absolute atomic E-state index is 2.42. The van der Waals surface area contributed by atoms with Crippen molar-refractivity contribution in [2.45, 2.75) is 47.3 Å². The molecule has 0 radical (unpaired) electrons. The van der Waals surface area contributed by atoms with E-state index in [0.29, 0.717) is 5.92 Å². The Hall–Kier alpha value is -1.99. The Morgan fingerprint density at radius 2 is 1.00 bits per heavy atom. The molecule has 0 aliphatic carbocycles. The van der Waals surface area contributed by atoms with Gasteiger partial charge in [0.2, 0.25) is 0 Å². The second-order valence-corrected chi connectivity index (χ2v) is 9.88. The van der Waals surface area contributed by atoms with E-state index in [1.165, 1.54) is 33.1 Å². The molecular formula is C24H28S. The van der Waals surface area contributed by atoms with Gasteiger partial charge in [-0.3, -0.25) is 0 Å². The molecule has 0 unspecified atom stereocenters. The zero-order valence-electron chi connectivity index (χ0n) is 15.5. The van der Waals surface area contributed by atoms with Crippen molar-refractivity contribution in [3.8, 4) is 0 Å². The molecule has 0 nitrogen and oxygen atoms in total. The van der Waals surface area contributed by atoms with Crippen molar-refractivity contribution in [2.24, 2.45) is 0 Å². The van der Waals surface area contributed by atoms with Crippen molar-refractivity contribution >= 4 is 10.0 Å². The van der Waals surface area contributed by atoms with Crippen LogP contribution in [0, 0.1) is 0 Å². The molecule has 0 saturated heterocycles. The van der Waals surface area contributed by atoms with Crippen LogP contribution in [0.15, 0.2) is 99.6 Å². The molecule has 0 N–H and O–H groups in total. The second-order valence-electron chi connectivity index (χ2n) is 6.63. The van der Waals surface area contributed by atoms with Crippen LogP contribution in [-0.2, 0) is 0 Å². The number of rotatable bonds is 6. The van der Waals surface area contributed by atoms with Gasteiger partial charge in [-0.1, -0.05) is 62.4 Å². The summed E-state index contributed by atoms with van der Waals surface area (Å²) in [6.45, 7) is 4.57. The summed E-state index contributed by atoms with van der Waals surface area (Å²) in [7, 11) is -1.23. The summed E-state index contributed by atoms with van der Waals surface area (Å²) in [6.07, 6.45) is 4.83. The highest BCUT2D eigenvalue weighted by molar-refractivity contribution is 8.33. The van der Waals surface area contributed by atoms with Gasteiger partial charge in [0.1, 0.15) is 0 Å². The van der Waals surface area contributed by atoms with Gasteiger partial charge < -0.3 is 0 Å². The lowest BCUT2D eigenvalue weighted by Crippen LogP contribution is -2.02. The van der Waals surface area contributed by atoms with Gasteiger partial charge in [0.25, 0.3) is 0 Å². The van der Waals surface area contributed by atoms with Crippen molar-refractivity contribution in [3.05, 3.63) is 90.5 Å². The third kappa shape index (κ3) is 3.52. The van der Waals surface area contributed by atoms with E-state index in [4.69, 9.17) is 0 Å². The Kier molecular flexibility index (Phi) is 5.65. The van der Waals surface area contributed by atoms with E-state index in [9.17, 15) is 0 Å². The predicted molar refractivity (Wildman–Crippen MR) is 111 cm³/mol. The number of hydrogen-bond donors (Lipinski definition) is 0. The van der Waals surface area contributed by atoms with Crippen LogP contribution in [0.1, 0.15) is 38.2 Å². The van der Waals surface area contributed by atoms with Gasteiger partial charge in [0, 0.05) is 0 Å². The molecule has 0 amide bonds. The van der Waals surface area contributed by atoms with Crippen LogP contribution < -0.4 is 0 Å². The maximum Gasteiger partial charge on any atom is -0.00210 e. The molecule has 3 aromatic rings. The van der Waals surface area contributed by atoms with Crippen LogP contribution in [0.2, 0.25) is 0 Å². The molecular weight excluding hydrogens is 320 g/mol. The van der Waals surface area contributed by atoms with Gasteiger partial charge in [-0.05, 0) is 81.7 Å². The van der Waals surface area contributed by atoms with Gasteiger partial charge in [-0.2, -0.15) is 10.0 Å². The zero-order chi connectivity index (χ0) is 17.7. The Balaban J connectivity index is 2.10. The first-order valence-electron chi connectivity index (χ1n) is 9.18. The highest BCUT2D eigenvalue weighted by Gasteiger charge is 2.25. The van der Waals surface area contributed by atoms with Gasteiger partial charge >= 0.3 is 0 Å². The quantitative estimate of drug-likeness (QED) is 0.432. The minimum absolute atomic E-state index is 0.670. The minimum Gasteiger partial charge on any atom is -0.163 e. The van der Waals surface area contributed by atoms with Crippen LogP contribution >= 0.6 is 10.0 Å². The third-order valence-electron chi connectivity index (χ3n) is 5.24.